The Labute approximate surface area is 155 Å². The fraction of sp³-hybridized carbons (Fsp3) is 0.500. The normalized spacial score (nSPS) is 11.8. The molecule has 0 atom stereocenters. The number of guanidine groups is 1. The fourth-order valence-corrected chi connectivity index (χ4v) is 2.89. The SMILES string of the molecule is CCC(CC)c1cc(CNC(=NC)NCCCc2cccc(F)c2)on1. The molecule has 0 aliphatic carbocycles. The maximum absolute atomic E-state index is 13.2. The first-order valence-electron chi connectivity index (χ1n) is 9.30. The van der Waals surface area contributed by atoms with Crippen molar-refractivity contribution in [3.8, 4) is 0 Å². The summed E-state index contributed by atoms with van der Waals surface area (Å²) in [5, 5.41) is 10.7. The first kappa shape index (κ1) is 19.9. The number of aliphatic imine (C=N–C) groups is 1. The number of hydrogen-bond donors (Lipinski definition) is 2. The third-order valence-corrected chi connectivity index (χ3v) is 4.46. The summed E-state index contributed by atoms with van der Waals surface area (Å²) < 4.78 is 18.6. The molecule has 0 spiro atoms. The van der Waals surface area contributed by atoms with Crippen molar-refractivity contribution in [2.45, 2.75) is 52.0 Å². The number of rotatable bonds is 9. The van der Waals surface area contributed by atoms with Crippen LogP contribution in [-0.2, 0) is 13.0 Å². The molecule has 5 nitrogen and oxygen atoms in total. The summed E-state index contributed by atoms with van der Waals surface area (Å²) in [6.07, 6.45) is 3.84. The van der Waals surface area contributed by atoms with Gasteiger partial charge < -0.3 is 15.2 Å². The van der Waals surface area contributed by atoms with Crippen LogP contribution in [0.4, 0.5) is 4.39 Å². The second-order valence-electron chi connectivity index (χ2n) is 6.32. The van der Waals surface area contributed by atoms with Crippen molar-refractivity contribution in [3.63, 3.8) is 0 Å². The summed E-state index contributed by atoms with van der Waals surface area (Å²) in [6, 6.07) is 8.74. The number of benzene rings is 1. The molecule has 142 valence electrons. The van der Waals surface area contributed by atoms with E-state index in [4.69, 9.17) is 4.52 Å². The Hall–Kier alpha value is -2.37. The van der Waals surface area contributed by atoms with Crippen molar-refractivity contribution in [1.29, 1.82) is 0 Å². The van der Waals surface area contributed by atoms with E-state index in [1.54, 1.807) is 19.2 Å². The monoisotopic (exact) mass is 360 g/mol. The van der Waals surface area contributed by atoms with E-state index in [2.05, 4.69) is 34.6 Å². The van der Waals surface area contributed by atoms with Gasteiger partial charge in [-0.2, -0.15) is 0 Å². The lowest BCUT2D eigenvalue weighted by molar-refractivity contribution is 0.368. The highest BCUT2D eigenvalue weighted by Gasteiger charge is 2.13. The van der Waals surface area contributed by atoms with Crippen LogP contribution in [0.15, 0.2) is 39.8 Å². The van der Waals surface area contributed by atoms with Crippen LogP contribution >= 0.6 is 0 Å². The zero-order valence-corrected chi connectivity index (χ0v) is 15.9. The second kappa shape index (κ2) is 10.6. The molecule has 0 aliphatic rings. The average molecular weight is 360 g/mol. The predicted octanol–water partition coefficient (Wildman–Crippen LogP) is 4.02. The summed E-state index contributed by atoms with van der Waals surface area (Å²) >= 11 is 0. The molecule has 2 rings (SSSR count). The van der Waals surface area contributed by atoms with Gasteiger partial charge in [-0.1, -0.05) is 31.1 Å². The Morgan fingerprint density at radius 3 is 2.73 bits per heavy atom. The molecule has 2 aromatic rings. The van der Waals surface area contributed by atoms with Crippen LogP contribution in [0.2, 0.25) is 0 Å². The second-order valence-corrected chi connectivity index (χ2v) is 6.32. The van der Waals surface area contributed by atoms with Crippen molar-refractivity contribution in [2.24, 2.45) is 4.99 Å². The molecule has 0 bridgehead atoms. The third-order valence-electron chi connectivity index (χ3n) is 4.46. The Morgan fingerprint density at radius 1 is 1.23 bits per heavy atom. The Morgan fingerprint density at radius 2 is 2.04 bits per heavy atom. The molecule has 0 unspecified atom stereocenters. The number of hydrogen-bond acceptors (Lipinski definition) is 3. The maximum Gasteiger partial charge on any atom is 0.191 e. The zero-order chi connectivity index (χ0) is 18.8. The minimum atomic E-state index is -0.187. The van der Waals surface area contributed by atoms with Gasteiger partial charge >= 0.3 is 0 Å². The molecule has 2 N–H and O–H groups in total. The maximum atomic E-state index is 13.2. The predicted molar refractivity (Wildman–Crippen MR) is 103 cm³/mol. The zero-order valence-electron chi connectivity index (χ0n) is 15.9. The van der Waals surface area contributed by atoms with E-state index >= 15 is 0 Å². The molecule has 0 radical (unpaired) electrons. The highest BCUT2D eigenvalue weighted by molar-refractivity contribution is 5.79. The highest BCUT2D eigenvalue weighted by Crippen LogP contribution is 2.22. The van der Waals surface area contributed by atoms with Gasteiger partial charge in [-0.05, 0) is 43.4 Å². The lowest BCUT2D eigenvalue weighted by Gasteiger charge is -2.10. The molecule has 26 heavy (non-hydrogen) atoms. The van der Waals surface area contributed by atoms with Gasteiger partial charge in [0.15, 0.2) is 11.7 Å². The van der Waals surface area contributed by atoms with Crippen molar-refractivity contribution >= 4 is 5.96 Å². The van der Waals surface area contributed by atoms with Gasteiger partial charge in [0, 0.05) is 25.6 Å². The summed E-state index contributed by atoms with van der Waals surface area (Å²) in [4.78, 5) is 4.21. The van der Waals surface area contributed by atoms with Gasteiger partial charge in [-0.3, -0.25) is 4.99 Å². The molecular weight excluding hydrogens is 331 g/mol. The quantitative estimate of drug-likeness (QED) is 0.403. The van der Waals surface area contributed by atoms with Gasteiger partial charge in [0.05, 0.1) is 12.2 Å². The first-order valence-corrected chi connectivity index (χ1v) is 9.30. The van der Waals surface area contributed by atoms with E-state index in [-0.39, 0.29) is 5.82 Å². The van der Waals surface area contributed by atoms with Crippen LogP contribution in [0, 0.1) is 5.82 Å². The number of halogens is 1. The van der Waals surface area contributed by atoms with Gasteiger partial charge in [0.2, 0.25) is 0 Å². The summed E-state index contributed by atoms with van der Waals surface area (Å²) in [5.41, 5.74) is 2.02. The van der Waals surface area contributed by atoms with E-state index in [9.17, 15) is 4.39 Å². The van der Waals surface area contributed by atoms with E-state index in [1.165, 1.54) is 6.07 Å². The lowest BCUT2D eigenvalue weighted by Crippen LogP contribution is -2.37. The molecular formula is C20H29FN4O. The topological polar surface area (TPSA) is 62.5 Å². The van der Waals surface area contributed by atoms with E-state index in [0.29, 0.717) is 18.4 Å². The summed E-state index contributed by atoms with van der Waals surface area (Å²) in [5.74, 6) is 1.78. The van der Waals surface area contributed by atoms with Gasteiger partial charge in [0.1, 0.15) is 5.82 Å². The van der Waals surface area contributed by atoms with Crippen LogP contribution < -0.4 is 10.6 Å². The molecule has 0 fully saturated rings. The minimum absolute atomic E-state index is 0.187. The van der Waals surface area contributed by atoms with E-state index in [1.807, 2.05) is 12.1 Å². The van der Waals surface area contributed by atoms with Crippen LogP contribution in [0.3, 0.4) is 0 Å². The molecule has 0 saturated carbocycles. The Bertz CT molecular complexity index is 695. The van der Waals surface area contributed by atoms with E-state index in [0.717, 1.165) is 49.2 Å². The molecule has 0 saturated heterocycles. The van der Waals surface area contributed by atoms with Gasteiger partial charge in [0.25, 0.3) is 0 Å². The largest absolute Gasteiger partial charge is 0.359 e. The van der Waals surface area contributed by atoms with Crippen LogP contribution in [-0.4, -0.2) is 24.7 Å². The number of aryl methyl sites for hydroxylation is 1. The van der Waals surface area contributed by atoms with E-state index < -0.39 is 0 Å². The van der Waals surface area contributed by atoms with Crippen molar-refractivity contribution < 1.29 is 8.91 Å². The molecule has 0 aliphatic heterocycles. The molecule has 1 heterocycles. The summed E-state index contributed by atoms with van der Waals surface area (Å²) in [7, 11) is 1.73. The standard InChI is InChI=1S/C20H29FN4O/c1-4-16(5-2)19-13-18(26-25-19)14-24-20(22-3)23-11-7-9-15-8-6-10-17(21)12-15/h6,8,10,12-13,16H,4-5,7,9,11,14H2,1-3H3,(H2,22,23,24). The number of nitrogens with one attached hydrogen (secondary N) is 2. The Kier molecular flexibility index (Phi) is 8.12. The van der Waals surface area contributed by atoms with Gasteiger partial charge in [-0.25, -0.2) is 4.39 Å². The molecule has 0 amide bonds. The number of nitrogens with zero attached hydrogens (tertiary/aromatic N) is 2. The minimum Gasteiger partial charge on any atom is -0.359 e. The smallest absolute Gasteiger partial charge is 0.191 e. The molecule has 1 aromatic carbocycles. The van der Waals surface area contributed by atoms with Crippen LogP contribution in [0.5, 0.6) is 0 Å². The third kappa shape index (κ3) is 6.17. The van der Waals surface area contributed by atoms with Crippen molar-refractivity contribution in [1.82, 2.24) is 15.8 Å². The molecule has 1 aromatic heterocycles. The fourth-order valence-electron chi connectivity index (χ4n) is 2.89. The van der Waals surface area contributed by atoms with Crippen molar-refractivity contribution in [3.05, 3.63) is 53.2 Å². The summed E-state index contributed by atoms with van der Waals surface area (Å²) in [6.45, 7) is 5.62. The molecule has 6 heteroatoms. The average Bonchev–Trinajstić information content (AvgIpc) is 3.11. The Balaban J connectivity index is 1.72. The van der Waals surface area contributed by atoms with Crippen molar-refractivity contribution in [2.75, 3.05) is 13.6 Å². The van der Waals surface area contributed by atoms with Crippen LogP contribution in [0.1, 0.15) is 56.0 Å². The van der Waals surface area contributed by atoms with Crippen LogP contribution in [0.25, 0.3) is 0 Å². The lowest BCUT2D eigenvalue weighted by atomic mass is 9.99. The number of aromatic nitrogens is 1. The highest BCUT2D eigenvalue weighted by atomic mass is 19.1. The first-order chi connectivity index (χ1) is 12.7. The van der Waals surface area contributed by atoms with Gasteiger partial charge in [-0.15, -0.1) is 0 Å².